The van der Waals surface area contributed by atoms with Crippen molar-refractivity contribution in [1.82, 2.24) is 14.8 Å². The Morgan fingerprint density at radius 1 is 1.22 bits per heavy atom. The van der Waals surface area contributed by atoms with Crippen LogP contribution in [-0.2, 0) is 13.1 Å². The lowest BCUT2D eigenvalue weighted by Crippen LogP contribution is -2.39. The van der Waals surface area contributed by atoms with E-state index in [0.29, 0.717) is 18.7 Å². The van der Waals surface area contributed by atoms with E-state index in [-0.39, 0.29) is 11.9 Å². The Hall–Kier alpha value is -2.40. The molecule has 0 unspecified atom stereocenters. The Morgan fingerprint density at radius 2 is 2.04 bits per heavy atom. The summed E-state index contributed by atoms with van der Waals surface area (Å²) in [6.07, 6.45) is 6.00. The van der Waals surface area contributed by atoms with Crippen molar-refractivity contribution in [1.29, 1.82) is 0 Å². The third-order valence-electron chi connectivity index (χ3n) is 5.47. The van der Waals surface area contributed by atoms with Gasteiger partial charge in [0.2, 0.25) is 0 Å². The number of hydrogen-bond donors (Lipinski definition) is 0. The van der Waals surface area contributed by atoms with Gasteiger partial charge in [0.25, 0.3) is 5.91 Å². The second kappa shape index (κ2) is 7.69. The van der Waals surface area contributed by atoms with Crippen LogP contribution in [0.3, 0.4) is 0 Å². The summed E-state index contributed by atoms with van der Waals surface area (Å²) in [6, 6.07) is 8.34. The maximum atomic E-state index is 13.1. The van der Waals surface area contributed by atoms with Crippen molar-refractivity contribution in [2.24, 2.45) is 0 Å². The summed E-state index contributed by atoms with van der Waals surface area (Å²) < 4.78 is 6.00. The molecule has 2 aliphatic rings. The normalized spacial score (nSPS) is 20.1. The van der Waals surface area contributed by atoms with Gasteiger partial charge in [0.05, 0.1) is 18.2 Å². The number of ether oxygens (including phenoxy) is 1. The molecule has 1 atom stereocenters. The molecule has 27 heavy (non-hydrogen) atoms. The van der Waals surface area contributed by atoms with Gasteiger partial charge in [-0.1, -0.05) is 6.07 Å². The van der Waals surface area contributed by atoms with Crippen LogP contribution in [0.25, 0.3) is 0 Å². The van der Waals surface area contributed by atoms with Crippen LogP contribution in [0.15, 0.2) is 36.7 Å². The number of fused-ring (bicyclic) bond motifs is 1. The summed E-state index contributed by atoms with van der Waals surface area (Å²) in [7, 11) is 0. The van der Waals surface area contributed by atoms with Gasteiger partial charge in [-0.25, -0.2) is 0 Å². The van der Waals surface area contributed by atoms with Crippen molar-refractivity contribution in [3.05, 3.63) is 58.9 Å². The highest BCUT2D eigenvalue weighted by Crippen LogP contribution is 2.28. The third kappa shape index (κ3) is 3.98. The maximum absolute atomic E-state index is 13.1. The standard InChI is InChI=1S/C22H27N3O2/c1-16-9-19(12-23-11-16)22(26)25-14-20-10-18(13-24-7-3-4-8-24)5-6-21(20)27-15-17(25)2/h5-6,9-12,17H,3-4,7-8,13-15H2,1-2H3/t17-/m0/s1. The van der Waals surface area contributed by atoms with Gasteiger partial charge in [0, 0.05) is 24.5 Å². The van der Waals surface area contributed by atoms with Crippen molar-refractivity contribution in [2.75, 3.05) is 19.7 Å². The first-order chi connectivity index (χ1) is 13.1. The fourth-order valence-electron chi connectivity index (χ4n) is 3.94. The van der Waals surface area contributed by atoms with E-state index < -0.39 is 0 Å². The van der Waals surface area contributed by atoms with Crippen molar-refractivity contribution in [3.8, 4) is 5.75 Å². The predicted molar refractivity (Wildman–Crippen MR) is 105 cm³/mol. The topological polar surface area (TPSA) is 45.7 Å². The van der Waals surface area contributed by atoms with E-state index in [1.165, 1.54) is 31.5 Å². The highest BCUT2D eigenvalue weighted by Gasteiger charge is 2.27. The Bertz CT molecular complexity index is 830. The van der Waals surface area contributed by atoms with Gasteiger partial charge in [0.1, 0.15) is 12.4 Å². The molecule has 1 aromatic carbocycles. The molecule has 0 N–H and O–H groups in total. The number of amides is 1. The third-order valence-corrected chi connectivity index (χ3v) is 5.47. The summed E-state index contributed by atoms with van der Waals surface area (Å²) in [5, 5.41) is 0. The van der Waals surface area contributed by atoms with Gasteiger partial charge in [0.15, 0.2) is 0 Å². The lowest BCUT2D eigenvalue weighted by Gasteiger charge is -2.26. The first-order valence-corrected chi connectivity index (χ1v) is 9.80. The van der Waals surface area contributed by atoms with E-state index in [1.807, 2.05) is 24.8 Å². The molecule has 0 bridgehead atoms. The highest BCUT2D eigenvalue weighted by atomic mass is 16.5. The van der Waals surface area contributed by atoms with Crippen molar-refractivity contribution >= 4 is 5.91 Å². The number of rotatable bonds is 3. The summed E-state index contributed by atoms with van der Waals surface area (Å²) >= 11 is 0. The SMILES string of the molecule is Cc1cncc(C(=O)N2Cc3cc(CN4CCCC4)ccc3OC[C@@H]2C)c1. The number of aryl methyl sites for hydroxylation is 1. The largest absolute Gasteiger partial charge is 0.491 e. The minimum atomic E-state index is 0.00689. The van der Waals surface area contributed by atoms with Crippen LogP contribution in [-0.4, -0.2) is 46.4 Å². The first-order valence-electron chi connectivity index (χ1n) is 9.80. The first kappa shape index (κ1) is 18.0. The molecule has 4 rings (SSSR count). The molecule has 1 saturated heterocycles. The number of aromatic nitrogens is 1. The molecule has 0 saturated carbocycles. The molecule has 3 heterocycles. The second-order valence-corrected chi connectivity index (χ2v) is 7.77. The second-order valence-electron chi connectivity index (χ2n) is 7.77. The molecule has 5 nitrogen and oxygen atoms in total. The lowest BCUT2D eigenvalue weighted by molar-refractivity contribution is 0.0645. The number of hydrogen-bond acceptors (Lipinski definition) is 4. The minimum absolute atomic E-state index is 0.00689. The Balaban J connectivity index is 1.57. The molecule has 1 amide bonds. The molecule has 5 heteroatoms. The number of carbonyl (C=O) groups excluding carboxylic acids is 1. The van der Waals surface area contributed by atoms with Crippen molar-refractivity contribution < 1.29 is 9.53 Å². The van der Waals surface area contributed by atoms with Crippen LogP contribution >= 0.6 is 0 Å². The number of nitrogens with zero attached hydrogens (tertiary/aromatic N) is 3. The molecule has 142 valence electrons. The minimum Gasteiger partial charge on any atom is -0.491 e. The van der Waals surface area contributed by atoms with E-state index >= 15 is 0 Å². The summed E-state index contributed by atoms with van der Waals surface area (Å²) in [4.78, 5) is 21.7. The van der Waals surface area contributed by atoms with Gasteiger partial charge in [-0.15, -0.1) is 0 Å². The Labute approximate surface area is 161 Å². The molecule has 2 aliphatic heterocycles. The van der Waals surface area contributed by atoms with Crippen molar-refractivity contribution in [2.45, 2.75) is 45.8 Å². The van der Waals surface area contributed by atoms with Crippen LogP contribution in [0.1, 0.15) is 46.8 Å². The summed E-state index contributed by atoms with van der Waals surface area (Å²) in [6.45, 7) is 8.39. The molecule has 0 aliphatic carbocycles. The van der Waals surface area contributed by atoms with Gasteiger partial charge in [-0.2, -0.15) is 0 Å². The molecule has 0 spiro atoms. The summed E-state index contributed by atoms with van der Waals surface area (Å²) in [5.74, 6) is 0.907. The summed E-state index contributed by atoms with van der Waals surface area (Å²) in [5.41, 5.74) is 4.01. The Morgan fingerprint density at radius 3 is 2.81 bits per heavy atom. The van der Waals surface area contributed by atoms with Crippen LogP contribution in [0.4, 0.5) is 0 Å². The zero-order valence-electron chi connectivity index (χ0n) is 16.1. The van der Waals surface area contributed by atoms with Gasteiger partial charge >= 0.3 is 0 Å². The fraction of sp³-hybridized carbons (Fsp3) is 0.455. The van der Waals surface area contributed by atoms with Gasteiger partial charge in [-0.05, 0) is 69.1 Å². The van der Waals surface area contributed by atoms with Crippen molar-refractivity contribution in [3.63, 3.8) is 0 Å². The zero-order valence-corrected chi connectivity index (χ0v) is 16.1. The van der Waals surface area contributed by atoms with E-state index in [2.05, 4.69) is 28.1 Å². The predicted octanol–water partition coefficient (Wildman–Crippen LogP) is 3.41. The van der Waals surface area contributed by atoms with Crippen LogP contribution < -0.4 is 4.74 Å². The molecule has 1 aromatic heterocycles. The number of likely N-dealkylation sites (tertiary alicyclic amines) is 1. The van der Waals surface area contributed by atoms with Gasteiger partial charge in [-0.3, -0.25) is 14.7 Å². The molecule has 1 fully saturated rings. The molecule has 0 radical (unpaired) electrons. The quantitative estimate of drug-likeness (QED) is 0.836. The number of benzene rings is 1. The molecule has 2 aromatic rings. The van der Waals surface area contributed by atoms with E-state index in [4.69, 9.17) is 4.74 Å². The lowest BCUT2D eigenvalue weighted by atomic mass is 10.1. The van der Waals surface area contributed by atoms with E-state index in [9.17, 15) is 4.79 Å². The average Bonchev–Trinajstić information content (AvgIpc) is 3.11. The molecular formula is C22H27N3O2. The molecular weight excluding hydrogens is 338 g/mol. The van der Waals surface area contributed by atoms with Crippen LogP contribution in [0.2, 0.25) is 0 Å². The van der Waals surface area contributed by atoms with Gasteiger partial charge < -0.3 is 9.64 Å². The maximum Gasteiger partial charge on any atom is 0.256 e. The number of carbonyl (C=O) groups is 1. The highest BCUT2D eigenvalue weighted by molar-refractivity contribution is 5.94. The fourth-order valence-corrected chi connectivity index (χ4v) is 3.94. The number of pyridine rings is 1. The zero-order chi connectivity index (χ0) is 18.8. The van der Waals surface area contributed by atoms with E-state index in [0.717, 1.165) is 23.4 Å². The Kier molecular flexibility index (Phi) is 5.12. The smallest absolute Gasteiger partial charge is 0.256 e. The van der Waals surface area contributed by atoms with E-state index in [1.54, 1.807) is 12.4 Å². The monoisotopic (exact) mass is 365 g/mol. The van der Waals surface area contributed by atoms with Crippen LogP contribution in [0.5, 0.6) is 5.75 Å². The van der Waals surface area contributed by atoms with Crippen LogP contribution in [0, 0.1) is 6.92 Å². The average molecular weight is 365 g/mol.